The van der Waals surface area contributed by atoms with Gasteiger partial charge in [0.1, 0.15) is 5.82 Å². The van der Waals surface area contributed by atoms with Crippen molar-refractivity contribution in [1.29, 1.82) is 0 Å². The number of nitrogens with zero attached hydrogens (tertiary/aromatic N) is 2. The number of hydrogen-bond acceptors (Lipinski definition) is 2. The van der Waals surface area contributed by atoms with Crippen molar-refractivity contribution >= 4 is 11.6 Å². The molecule has 1 N–H and O–H groups in total. The van der Waals surface area contributed by atoms with Gasteiger partial charge in [0, 0.05) is 24.7 Å². The first-order valence-corrected chi connectivity index (χ1v) is 7.05. The van der Waals surface area contributed by atoms with Crippen molar-refractivity contribution in [2.24, 2.45) is 0 Å². The molecule has 1 aromatic heterocycles. The Labute approximate surface area is 123 Å². The van der Waals surface area contributed by atoms with Crippen LogP contribution in [0.1, 0.15) is 37.2 Å². The van der Waals surface area contributed by atoms with Crippen molar-refractivity contribution in [3.63, 3.8) is 0 Å². The molecule has 0 radical (unpaired) electrons. The first-order valence-electron chi connectivity index (χ1n) is 6.67. The van der Waals surface area contributed by atoms with E-state index in [1.807, 2.05) is 30.1 Å². The van der Waals surface area contributed by atoms with Gasteiger partial charge in [0.2, 0.25) is 0 Å². The van der Waals surface area contributed by atoms with E-state index in [2.05, 4.69) is 24.3 Å². The minimum atomic E-state index is -0.392. The van der Waals surface area contributed by atoms with Crippen LogP contribution in [0, 0.1) is 5.82 Å². The Bertz CT molecular complexity index is 580. The maximum atomic E-state index is 13.5. The summed E-state index contributed by atoms with van der Waals surface area (Å²) in [4.78, 5) is 0. The van der Waals surface area contributed by atoms with Gasteiger partial charge in [-0.15, -0.1) is 0 Å². The molecule has 0 aliphatic rings. The maximum absolute atomic E-state index is 13.5. The smallest absolute Gasteiger partial charge is 0.142 e. The molecular weight excluding hydrogens is 277 g/mol. The summed E-state index contributed by atoms with van der Waals surface area (Å²) in [5.74, 6) is -0.392. The lowest BCUT2D eigenvalue weighted by Crippen LogP contribution is -2.19. The molecule has 20 heavy (non-hydrogen) atoms. The Hall–Kier alpha value is -1.39. The number of aromatic nitrogens is 2. The van der Waals surface area contributed by atoms with E-state index in [9.17, 15) is 4.39 Å². The third kappa shape index (κ3) is 3.38. The number of hydrogen-bond donors (Lipinski definition) is 1. The van der Waals surface area contributed by atoms with Crippen LogP contribution in [0.25, 0.3) is 0 Å². The van der Waals surface area contributed by atoms with Crippen molar-refractivity contribution in [3.05, 3.63) is 52.6 Å². The van der Waals surface area contributed by atoms with E-state index in [4.69, 9.17) is 11.6 Å². The van der Waals surface area contributed by atoms with Crippen LogP contribution in [0.3, 0.4) is 0 Å². The van der Waals surface area contributed by atoms with E-state index in [1.54, 1.807) is 6.07 Å². The molecule has 1 atom stereocenters. The standard InChI is InChI=1S/C15H19ClFN3/c1-10(2)20-7-6-12(19-20)9-15(18-3)11-4-5-13(16)14(17)8-11/h4-8,10,15,18H,9H2,1-3H3. The van der Waals surface area contributed by atoms with Gasteiger partial charge in [0.25, 0.3) is 0 Å². The second kappa shape index (κ2) is 6.37. The quantitative estimate of drug-likeness (QED) is 0.910. The van der Waals surface area contributed by atoms with Crippen molar-refractivity contribution < 1.29 is 4.39 Å². The second-order valence-corrected chi connectivity index (χ2v) is 5.51. The van der Waals surface area contributed by atoms with Crippen molar-refractivity contribution in [2.75, 3.05) is 7.05 Å². The monoisotopic (exact) mass is 295 g/mol. The molecule has 0 aliphatic heterocycles. The van der Waals surface area contributed by atoms with E-state index in [0.717, 1.165) is 11.3 Å². The lowest BCUT2D eigenvalue weighted by Gasteiger charge is -2.16. The summed E-state index contributed by atoms with van der Waals surface area (Å²) in [6, 6.07) is 7.25. The molecule has 1 unspecified atom stereocenters. The topological polar surface area (TPSA) is 29.9 Å². The van der Waals surface area contributed by atoms with Gasteiger partial charge in [-0.2, -0.15) is 5.10 Å². The Balaban J connectivity index is 2.17. The maximum Gasteiger partial charge on any atom is 0.142 e. The van der Waals surface area contributed by atoms with Crippen LogP contribution in [0.2, 0.25) is 5.02 Å². The van der Waals surface area contributed by atoms with Crippen molar-refractivity contribution in [1.82, 2.24) is 15.1 Å². The van der Waals surface area contributed by atoms with E-state index in [1.165, 1.54) is 6.07 Å². The summed E-state index contributed by atoms with van der Waals surface area (Å²) in [5.41, 5.74) is 1.85. The molecule has 1 aromatic carbocycles. The molecular formula is C15H19ClFN3. The highest BCUT2D eigenvalue weighted by Crippen LogP contribution is 2.22. The Morgan fingerprint density at radius 1 is 1.35 bits per heavy atom. The van der Waals surface area contributed by atoms with Gasteiger partial charge in [-0.1, -0.05) is 17.7 Å². The van der Waals surface area contributed by atoms with E-state index < -0.39 is 5.82 Å². The zero-order valence-corrected chi connectivity index (χ0v) is 12.7. The lowest BCUT2D eigenvalue weighted by molar-refractivity contribution is 0.514. The van der Waals surface area contributed by atoms with Crippen LogP contribution in [-0.4, -0.2) is 16.8 Å². The first kappa shape index (κ1) is 15.0. The molecule has 0 bridgehead atoms. The fourth-order valence-electron chi connectivity index (χ4n) is 2.10. The predicted octanol–water partition coefficient (Wildman–Crippen LogP) is 3.76. The minimum absolute atomic E-state index is 0.0114. The Morgan fingerprint density at radius 2 is 2.10 bits per heavy atom. The predicted molar refractivity (Wildman–Crippen MR) is 79.5 cm³/mol. The molecule has 0 fully saturated rings. The molecule has 1 heterocycles. The van der Waals surface area contributed by atoms with Crippen LogP contribution in [-0.2, 0) is 6.42 Å². The van der Waals surface area contributed by atoms with Crippen LogP contribution in [0.5, 0.6) is 0 Å². The largest absolute Gasteiger partial charge is 0.313 e. The highest BCUT2D eigenvalue weighted by molar-refractivity contribution is 6.30. The zero-order chi connectivity index (χ0) is 14.7. The van der Waals surface area contributed by atoms with Crippen LogP contribution in [0.15, 0.2) is 30.5 Å². The van der Waals surface area contributed by atoms with Gasteiger partial charge in [0.05, 0.1) is 10.7 Å². The summed E-state index contributed by atoms with van der Waals surface area (Å²) in [7, 11) is 1.86. The van der Waals surface area contributed by atoms with E-state index in [-0.39, 0.29) is 11.1 Å². The third-order valence-electron chi connectivity index (χ3n) is 3.30. The summed E-state index contributed by atoms with van der Waals surface area (Å²) >= 11 is 5.72. The summed E-state index contributed by atoms with van der Waals surface area (Å²) < 4.78 is 15.5. The van der Waals surface area contributed by atoms with Crippen molar-refractivity contribution in [3.8, 4) is 0 Å². The molecule has 0 amide bonds. The van der Waals surface area contributed by atoms with Crippen LogP contribution >= 0.6 is 11.6 Å². The van der Waals surface area contributed by atoms with Gasteiger partial charge in [-0.05, 0) is 44.7 Å². The number of halogens is 2. The highest BCUT2D eigenvalue weighted by atomic mass is 35.5. The van der Waals surface area contributed by atoms with Gasteiger partial charge >= 0.3 is 0 Å². The Kier molecular flexibility index (Phi) is 4.78. The number of rotatable bonds is 5. The van der Waals surface area contributed by atoms with Crippen LogP contribution in [0.4, 0.5) is 4.39 Å². The van der Waals surface area contributed by atoms with E-state index in [0.29, 0.717) is 12.5 Å². The normalized spacial score (nSPS) is 12.9. The zero-order valence-electron chi connectivity index (χ0n) is 11.9. The van der Waals surface area contributed by atoms with Crippen molar-refractivity contribution in [2.45, 2.75) is 32.4 Å². The minimum Gasteiger partial charge on any atom is -0.313 e. The molecule has 2 aromatic rings. The number of likely N-dealkylation sites (N-methyl/N-ethyl adjacent to an activating group) is 1. The summed E-state index contributed by atoms with van der Waals surface area (Å²) in [6.07, 6.45) is 2.67. The molecule has 108 valence electrons. The average molecular weight is 296 g/mol. The Morgan fingerprint density at radius 3 is 2.65 bits per heavy atom. The first-order chi connectivity index (χ1) is 9.51. The van der Waals surface area contributed by atoms with E-state index >= 15 is 0 Å². The SMILES string of the molecule is CNC(Cc1ccn(C(C)C)n1)c1ccc(Cl)c(F)c1. The molecule has 0 aliphatic carbocycles. The van der Waals surface area contributed by atoms with Gasteiger partial charge in [0.15, 0.2) is 0 Å². The molecule has 0 saturated heterocycles. The molecule has 0 saturated carbocycles. The molecule has 3 nitrogen and oxygen atoms in total. The molecule has 2 rings (SSSR count). The molecule has 0 spiro atoms. The van der Waals surface area contributed by atoms with Gasteiger partial charge in [-0.3, -0.25) is 4.68 Å². The highest BCUT2D eigenvalue weighted by Gasteiger charge is 2.14. The fraction of sp³-hybridized carbons (Fsp3) is 0.400. The lowest BCUT2D eigenvalue weighted by atomic mass is 10.0. The van der Waals surface area contributed by atoms with Crippen LogP contribution < -0.4 is 5.32 Å². The number of nitrogens with one attached hydrogen (secondary N) is 1. The van der Waals surface area contributed by atoms with Gasteiger partial charge < -0.3 is 5.32 Å². The third-order valence-corrected chi connectivity index (χ3v) is 3.61. The fourth-order valence-corrected chi connectivity index (χ4v) is 2.22. The van der Waals surface area contributed by atoms with Gasteiger partial charge in [-0.25, -0.2) is 4.39 Å². The number of benzene rings is 1. The summed E-state index contributed by atoms with van der Waals surface area (Å²) in [6.45, 7) is 4.17. The summed E-state index contributed by atoms with van der Waals surface area (Å²) in [5, 5.41) is 7.86. The molecule has 5 heteroatoms. The average Bonchev–Trinajstić information content (AvgIpc) is 2.88. The second-order valence-electron chi connectivity index (χ2n) is 5.10.